The average molecular weight is 431 g/mol. The third-order valence-electron chi connectivity index (χ3n) is 5.71. The minimum atomic E-state index is -0.128. The van der Waals surface area contributed by atoms with Gasteiger partial charge >= 0.3 is 0 Å². The Morgan fingerprint density at radius 1 is 1.00 bits per heavy atom. The van der Waals surface area contributed by atoms with Crippen molar-refractivity contribution in [2.45, 2.75) is 79.1 Å². The lowest BCUT2D eigenvalue weighted by Gasteiger charge is -2.20. The van der Waals surface area contributed by atoms with Crippen LogP contribution in [0.25, 0.3) is 0 Å². The van der Waals surface area contributed by atoms with Gasteiger partial charge in [0.25, 0.3) is 0 Å². The Hall–Kier alpha value is -2.50. The van der Waals surface area contributed by atoms with E-state index < -0.39 is 0 Å². The lowest BCUT2D eigenvalue weighted by molar-refractivity contribution is -0.139. The maximum atomic E-state index is 12.2. The van der Waals surface area contributed by atoms with Gasteiger partial charge in [-0.1, -0.05) is 46.2 Å². The molecule has 1 unspecified atom stereocenters. The molecule has 6 nitrogen and oxygen atoms in total. The minimum Gasteiger partial charge on any atom is -0.326 e. The molecule has 3 amide bonds. The third-order valence-corrected chi connectivity index (χ3v) is 5.71. The summed E-state index contributed by atoms with van der Waals surface area (Å²) >= 11 is 0. The molecule has 0 heterocycles. The van der Waals surface area contributed by atoms with E-state index in [1.54, 1.807) is 0 Å². The van der Waals surface area contributed by atoms with E-state index in [1.165, 1.54) is 4.90 Å². The molecule has 1 aromatic carbocycles. The van der Waals surface area contributed by atoms with Crippen LogP contribution in [0.5, 0.6) is 0 Å². The molecule has 1 aromatic rings. The number of nitrogens with zero attached hydrogens (tertiary/aromatic N) is 1. The van der Waals surface area contributed by atoms with Crippen LogP contribution in [0.4, 0.5) is 5.69 Å². The van der Waals surface area contributed by atoms with E-state index in [1.807, 2.05) is 38.1 Å². The summed E-state index contributed by atoms with van der Waals surface area (Å²) in [6, 6.07) is 7.58. The van der Waals surface area contributed by atoms with Crippen LogP contribution in [-0.4, -0.2) is 35.5 Å². The van der Waals surface area contributed by atoms with Crippen LogP contribution in [0.15, 0.2) is 24.3 Å². The Bertz CT molecular complexity index is 713. The summed E-state index contributed by atoms with van der Waals surface area (Å²) in [5.74, 6) is 0.714. The molecule has 0 aliphatic heterocycles. The summed E-state index contributed by atoms with van der Waals surface area (Å²) in [7, 11) is 0. The number of nitrogens with one attached hydrogen (secondary N) is 1. The van der Waals surface area contributed by atoms with Crippen LogP contribution in [-0.2, 0) is 25.6 Å². The highest BCUT2D eigenvalue weighted by Crippen LogP contribution is 2.16. The molecule has 172 valence electrons. The second kappa shape index (κ2) is 14.5. The molecule has 0 aliphatic carbocycles. The number of unbranched alkanes of at least 4 members (excludes halogenated alkanes) is 2. The first-order chi connectivity index (χ1) is 14.8. The fourth-order valence-corrected chi connectivity index (χ4v) is 3.05. The van der Waals surface area contributed by atoms with Gasteiger partial charge in [0.05, 0.1) is 0 Å². The van der Waals surface area contributed by atoms with Gasteiger partial charge in [0, 0.05) is 37.9 Å². The molecule has 0 saturated heterocycles. The third kappa shape index (κ3) is 10.9. The summed E-state index contributed by atoms with van der Waals surface area (Å²) in [4.78, 5) is 48.2. The van der Waals surface area contributed by atoms with Crippen molar-refractivity contribution in [3.8, 4) is 0 Å². The first kappa shape index (κ1) is 26.5. The van der Waals surface area contributed by atoms with Crippen molar-refractivity contribution >= 4 is 29.7 Å². The molecule has 0 saturated carbocycles. The zero-order chi connectivity index (χ0) is 23.2. The summed E-state index contributed by atoms with van der Waals surface area (Å²) in [5.41, 5.74) is 1.82. The van der Waals surface area contributed by atoms with E-state index in [0.29, 0.717) is 57.4 Å². The molecular formula is C25H38N2O4. The SMILES string of the molecule is CCC(=O)CCc1ccc(NC(=O)CCCCCN(C=O)C(=O)CC(C)C(C)C)cc1. The first-order valence-corrected chi connectivity index (χ1v) is 11.4. The second-order valence-corrected chi connectivity index (χ2v) is 8.57. The van der Waals surface area contributed by atoms with Gasteiger partial charge in [0.1, 0.15) is 5.78 Å². The topological polar surface area (TPSA) is 83.6 Å². The Morgan fingerprint density at radius 3 is 2.26 bits per heavy atom. The number of anilines is 1. The summed E-state index contributed by atoms with van der Waals surface area (Å²) < 4.78 is 0. The van der Waals surface area contributed by atoms with Crippen molar-refractivity contribution in [2.75, 3.05) is 11.9 Å². The largest absolute Gasteiger partial charge is 0.326 e. The van der Waals surface area contributed by atoms with Crippen LogP contribution < -0.4 is 5.32 Å². The number of rotatable bonds is 15. The minimum absolute atomic E-state index is 0.0528. The van der Waals surface area contributed by atoms with Crippen LogP contribution >= 0.6 is 0 Å². The molecule has 0 aromatic heterocycles. The molecule has 0 fully saturated rings. The zero-order valence-corrected chi connectivity index (χ0v) is 19.5. The van der Waals surface area contributed by atoms with Crippen LogP contribution in [0.3, 0.4) is 0 Å². The van der Waals surface area contributed by atoms with Crippen molar-refractivity contribution in [2.24, 2.45) is 11.8 Å². The highest BCUT2D eigenvalue weighted by Gasteiger charge is 2.17. The fourth-order valence-electron chi connectivity index (χ4n) is 3.05. The van der Waals surface area contributed by atoms with Crippen molar-refractivity contribution in [3.63, 3.8) is 0 Å². The molecule has 6 heteroatoms. The number of carbonyl (C=O) groups is 4. The molecule has 1 N–H and O–H groups in total. The number of hydrogen-bond donors (Lipinski definition) is 1. The molecule has 0 radical (unpaired) electrons. The predicted molar refractivity (Wildman–Crippen MR) is 124 cm³/mol. The molecule has 1 rings (SSSR count). The second-order valence-electron chi connectivity index (χ2n) is 8.57. The van der Waals surface area contributed by atoms with E-state index in [2.05, 4.69) is 19.2 Å². The molecular weight excluding hydrogens is 392 g/mol. The van der Waals surface area contributed by atoms with Gasteiger partial charge in [0.15, 0.2) is 0 Å². The number of benzene rings is 1. The van der Waals surface area contributed by atoms with E-state index in [4.69, 9.17) is 0 Å². The fraction of sp³-hybridized carbons (Fsp3) is 0.600. The molecule has 0 aliphatic rings. The summed E-state index contributed by atoms with van der Waals surface area (Å²) in [6.07, 6.45) is 5.39. The maximum Gasteiger partial charge on any atom is 0.229 e. The van der Waals surface area contributed by atoms with E-state index >= 15 is 0 Å². The van der Waals surface area contributed by atoms with Crippen molar-refractivity contribution in [1.82, 2.24) is 4.90 Å². The Labute approximate surface area is 186 Å². The molecule has 1 atom stereocenters. The van der Waals surface area contributed by atoms with Crippen molar-refractivity contribution in [1.29, 1.82) is 0 Å². The number of ketones is 1. The zero-order valence-electron chi connectivity index (χ0n) is 19.5. The highest BCUT2D eigenvalue weighted by molar-refractivity contribution is 5.90. The van der Waals surface area contributed by atoms with Gasteiger partial charge in [0.2, 0.25) is 18.2 Å². The molecule has 31 heavy (non-hydrogen) atoms. The smallest absolute Gasteiger partial charge is 0.229 e. The number of amides is 3. The number of Topliss-reactive ketones (excluding diaryl/α,β-unsaturated/α-hetero) is 1. The maximum absolute atomic E-state index is 12.2. The van der Waals surface area contributed by atoms with Gasteiger partial charge in [-0.3, -0.25) is 24.1 Å². The van der Waals surface area contributed by atoms with E-state index in [9.17, 15) is 19.2 Å². The first-order valence-electron chi connectivity index (χ1n) is 11.4. The number of hydrogen-bond acceptors (Lipinski definition) is 4. The quantitative estimate of drug-likeness (QED) is 0.321. The molecule has 0 bridgehead atoms. The standard InChI is InChI=1S/C25H38N2O4/c1-5-23(29)15-12-21-10-13-22(14-11-21)26-24(30)9-7-6-8-16-27(18-28)25(31)17-20(4)19(2)3/h10-11,13-14,18-20H,5-9,12,15-17H2,1-4H3,(H,26,30). The van der Waals surface area contributed by atoms with Gasteiger partial charge in [-0.15, -0.1) is 0 Å². The van der Waals surface area contributed by atoms with Crippen LogP contribution in [0.1, 0.15) is 78.2 Å². The monoisotopic (exact) mass is 430 g/mol. The summed E-state index contributed by atoms with van der Waals surface area (Å²) in [5, 5.41) is 2.88. The van der Waals surface area contributed by atoms with Crippen LogP contribution in [0.2, 0.25) is 0 Å². The Balaban J connectivity index is 2.27. The van der Waals surface area contributed by atoms with E-state index in [0.717, 1.165) is 24.1 Å². The summed E-state index contributed by atoms with van der Waals surface area (Å²) in [6.45, 7) is 8.42. The average Bonchev–Trinajstić information content (AvgIpc) is 2.75. The van der Waals surface area contributed by atoms with Crippen molar-refractivity contribution < 1.29 is 19.2 Å². The number of imide groups is 1. The van der Waals surface area contributed by atoms with Gasteiger partial charge < -0.3 is 5.32 Å². The number of aryl methyl sites for hydroxylation is 1. The highest BCUT2D eigenvalue weighted by atomic mass is 16.2. The lowest BCUT2D eigenvalue weighted by atomic mass is 9.94. The van der Waals surface area contributed by atoms with Crippen LogP contribution in [0, 0.1) is 11.8 Å². The predicted octanol–water partition coefficient (Wildman–Crippen LogP) is 4.76. The number of carbonyl (C=O) groups excluding carboxylic acids is 4. The van der Waals surface area contributed by atoms with Crippen molar-refractivity contribution in [3.05, 3.63) is 29.8 Å². The Morgan fingerprint density at radius 2 is 1.68 bits per heavy atom. The van der Waals surface area contributed by atoms with Gasteiger partial charge in [-0.2, -0.15) is 0 Å². The van der Waals surface area contributed by atoms with Gasteiger partial charge in [-0.05, 0) is 48.8 Å². The molecule has 0 spiro atoms. The lowest BCUT2D eigenvalue weighted by Crippen LogP contribution is -2.32. The normalized spacial score (nSPS) is 11.8. The van der Waals surface area contributed by atoms with Gasteiger partial charge in [-0.25, -0.2) is 0 Å². The van der Waals surface area contributed by atoms with E-state index in [-0.39, 0.29) is 23.5 Å². The Kier molecular flexibility index (Phi) is 12.4.